The average molecular weight is 461 g/mol. The summed E-state index contributed by atoms with van der Waals surface area (Å²) in [5, 5.41) is 5.68. The highest BCUT2D eigenvalue weighted by Gasteiger charge is 2.35. The van der Waals surface area contributed by atoms with E-state index in [0.29, 0.717) is 42.0 Å². The lowest BCUT2D eigenvalue weighted by Crippen LogP contribution is -2.12. The first kappa shape index (κ1) is 24.2. The number of nitrogens with one attached hydrogen (secondary N) is 2. The number of nitrogens with zero attached hydrogens (tertiary/aromatic N) is 2. The first-order chi connectivity index (χ1) is 15.7. The fourth-order valence-corrected chi connectivity index (χ4v) is 2.79. The van der Waals surface area contributed by atoms with Gasteiger partial charge in [0.25, 0.3) is 0 Å². The minimum Gasteiger partial charge on any atom is -0.494 e. The van der Waals surface area contributed by atoms with Crippen molar-refractivity contribution in [2.45, 2.75) is 33.4 Å². The van der Waals surface area contributed by atoms with Gasteiger partial charge in [-0.05, 0) is 48.7 Å². The molecular formula is C24H27F3N4O2. The summed E-state index contributed by atoms with van der Waals surface area (Å²) in [5.41, 5.74) is 0.0716. The van der Waals surface area contributed by atoms with Crippen LogP contribution in [-0.4, -0.2) is 23.2 Å². The molecule has 0 saturated carbocycles. The fraction of sp³-hybridized carbons (Fsp3) is 0.333. The molecule has 33 heavy (non-hydrogen) atoms. The van der Waals surface area contributed by atoms with Crippen LogP contribution in [-0.2, 0) is 6.18 Å². The Labute approximate surface area is 191 Å². The second kappa shape index (κ2) is 10.9. The van der Waals surface area contributed by atoms with Crippen LogP contribution in [0.2, 0.25) is 0 Å². The molecule has 0 aliphatic rings. The number of halogens is 3. The predicted molar refractivity (Wildman–Crippen MR) is 123 cm³/mol. The van der Waals surface area contributed by atoms with Crippen LogP contribution in [0.4, 0.5) is 36.3 Å². The van der Waals surface area contributed by atoms with E-state index in [1.54, 1.807) is 48.5 Å². The van der Waals surface area contributed by atoms with Crippen LogP contribution in [0.15, 0.2) is 54.7 Å². The van der Waals surface area contributed by atoms with Crippen LogP contribution >= 0.6 is 0 Å². The van der Waals surface area contributed by atoms with E-state index >= 15 is 0 Å². The molecule has 2 N–H and O–H groups in total. The Bertz CT molecular complexity index is 1040. The molecule has 0 aliphatic carbocycles. The van der Waals surface area contributed by atoms with Gasteiger partial charge in [-0.15, -0.1) is 0 Å². The predicted octanol–water partition coefficient (Wildman–Crippen LogP) is 6.81. The van der Waals surface area contributed by atoms with E-state index in [1.165, 1.54) is 0 Å². The first-order valence-corrected chi connectivity index (χ1v) is 10.7. The number of ether oxygens (including phenoxy) is 2. The Kier molecular flexibility index (Phi) is 7.97. The number of aromatic nitrogens is 2. The summed E-state index contributed by atoms with van der Waals surface area (Å²) in [6.45, 7) is 7.14. The average Bonchev–Trinajstić information content (AvgIpc) is 2.77. The van der Waals surface area contributed by atoms with Crippen molar-refractivity contribution in [1.29, 1.82) is 0 Å². The molecule has 3 rings (SSSR count). The summed E-state index contributed by atoms with van der Waals surface area (Å²) in [4.78, 5) is 7.92. The Balaban J connectivity index is 1.81. The smallest absolute Gasteiger partial charge is 0.421 e. The van der Waals surface area contributed by atoms with E-state index in [2.05, 4.69) is 20.6 Å². The summed E-state index contributed by atoms with van der Waals surface area (Å²) >= 11 is 0. The van der Waals surface area contributed by atoms with E-state index in [4.69, 9.17) is 9.47 Å². The summed E-state index contributed by atoms with van der Waals surface area (Å²) in [6, 6.07) is 13.8. The van der Waals surface area contributed by atoms with Crippen molar-refractivity contribution < 1.29 is 22.6 Å². The zero-order valence-electron chi connectivity index (χ0n) is 18.7. The van der Waals surface area contributed by atoms with Gasteiger partial charge in [0.1, 0.15) is 22.9 Å². The van der Waals surface area contributed by atoms with Gasteiger partial charge >= 0.3 is 6.18 Å². The van der Waals surface area contributed by atoms with E-state index < -0.39 is 11.7 Å². The molecule has 0 saturated heterocycles. The molecule has 3 aromatic rings. The molecule has 1 heterocycles. The maximum absolute atomic E-state index is 13.6. The van der Waals surface area contributed by atoms with Crippen LogP contribution in [0.25, 0.3) is 0 Å². The van der Waals surface area contributed by atoms with Crippen molar-refractivity contribution in [1.82, 2.24) is 9.97 Å². The van der Waals surface area contributed by atoms with Crippen LogP contribution in [0.1, 0.15) is 32.8 Å². The van der Waals surface area contributed by atoms with E-state index in [9.17, 15) is 13.2 Å². The van der Waals surface area contributed by atoms with Gasteiger partial charge in [-0.3, -0.25) is 0 Å². The molecule has 0 fully saturated rings. The third-order valence-corrected chi connectivity index (χ3v) is 4.36. The highest BCUT2D eigenvalue weighted by atomic mass is 19.4. The molecule has 0 atom stereocenters. The molecule has 0 amide bonds. The third kappa shape index (κ3) is 7.27. The van der Waals surface area contributed by atoms with Gasteiger partial charge in [-0.25, -0.2) is 4.98 Å². The Morgan fingerprint density at radius 1 is 0.939 bits per heavy atom. The number of benzene rings is 2. The van der Waals surface area contributed by atoms with Crippen LogP contribution in [0, 0.1) is 5.92 Å². The standard InChI is InChI=1S/C24H27F3N4O2/c1-4-12-32-19-10-8-17(9-11-19)30-23-28-14-21(24(25,26)27)22(31-23)29-18-6-5-7-20(13-18)33-15-16(2)3/h5-11,13-14,16H,4,12,15H2,1-3H3,(H2,28,29,30,31). The van der Waals surface area contributed by atoms with Crippen molar-refractivity contribution in [2.75, 3.05) is 23.8 Å². The van der Waals surface area contributed by atoms with E-state index in [1.807, 2.05) is 20.8 Å². The quantitative estimate of drug-likeness (QED) is 0.347. The monoisotopic (exact) mass is 460 g/mol. The minimum atomic E-state index is -4.62. The summed E-state index contributed by atoms with van der Waals surface area (Å²) in [5.74, 6) is 1.25. The zero-order valence-corrected chi connectivity index (χ0v) is 18.7. The SMILES string of the molecule is CCCOc1ccc(Nc2ncc(C(F)(F)F)c(Nc3cccc(OCC(C)C)c3)n2)cc1. The summed E-state index contributed by atoms with van der Waals surface area (Å²) in [6.07, 6.45) is -2.97. The Hall–Kier alpha value is -3.49. The van der Waals surface area contributed by atoms with Crippen molar-refractivity contribution in [3.63, 3.8) is 0 Å². The molecule has 1 aromatic heterocycles. The maximum atomic E-state index is 13.6. The molecule has 176 valence electrons. The normalized spacial score (nSPS) is 11.4. The van der Waals surface area contributed by atoms with Crippen LogP contribution in [0.3, 0.4) is 0 Å². The van der Waals surface area contributed by atoms with Crippen molar-refractivity contribution in [3.05, 3.63) is 60.3 Å². The summed E-state index contributed by atoms with van der Waals surface area (Å²) in [7, 11) is 0. The second-order valence-electron chi connectivity index (χ2n) is 7.81. The largest absolute Gasteiger partial charge is 0.494 e. The summed E-state index contributed by atoms with van der Waals surface area (Å²) < 4.78 is 51.9. The van der Waals surface area contributed by atoms with Crippen molar-refractivity contribution in [2.24, 2.45) is 5.92 Å². The van der Waals surface area contributed by atoms with Gasteiger partial charge in [0, 0.05) is 23.6 Å². The topological polar surface area (TPSA) is 68.3 Å². The lowest BCUT2D eigenvalue weighted by molar-refractivity contribution is -0.137. The molecule has 0 unspecified atom stereocenters. The van der Waals surface area contributed by atoms with Crippen molar-refractivity contribution in [3.8, 4) is 11.5 Å². The maximum Gasteiger partial charge on any atom is 0.421 e. The first-order valence-electron chi connectivity index (χ1n) is 10.7. The number of rotatable bonds is 10. The molecule has 9 heteroatoms. The number of hydrogen-bond acceptors (Lipinski definition) is 6. The molecule has 0 bridgehead atoms. The Morgan fingerprint density at radius 3 is 2.36 bits per heavy atom. The molecule has 0 radical (unpaired) electrons. The lowest BCUT2D eigenvalue weighted by Gasteiger charge is -2.16. The highest BCUT2D eigenvalue weighted by molar-refractivity contribution is 5.64. The number of alkyl halides is 3. The van der Waals surface area contributed by atoms with Crippen molar-refractivity contribution >= 4 is 23.1 Å². The molecular weight excluding hydrogens is 433 g/mol. The van der Waals surface area contributed by atoms with Gasteiger partial charge in [-0.2, -0.15) is 18.2 Å². The molecule has 0 aliphatic heterocycles. The zero-order chi connectivity index (χ0) is 23.8. The Morgan fingerprint density at radius 2 is 1.70 bits per heavy atom. The van der Waals surface area contributed by atoms with E-state index in [0.717, 1.165) is 12.6 Å². The van der Waals surface area contributed by atoms with Crippen LogP contribution < -0.4 is 20.1 Å². The molecule has 2 aromatic carbocycles. The van der Waals surface area contributed by atoms with Gasteiger partial charge in [-0.1, -0.05) is 26.8 Å². The molecule has 0 spiro atoms. The minimum absolute atomic E-state index is 0.0277. The third-order valence-electron chi connectivity index (χ3n) is 4.36. The van der Waals surface area contributed by atoms with Gasteiger partial charge in [0.15, 0.2) is 0 Å². The number of hydrogen-bond donors (Lipinski definition) is 2. The number of anilines is 4. The van der Waals surface area contributed by atoms with Gasteiger partial charge < -0.3 is 20.1 Å². The lowest BCUT2D eigenvalue weighted by atomic mass is 10.2. The van der Waals surface area contributed by atoms with Gasteiger partial charge in [0.2, 0.25) is 5.95 Å². The van der Waals surface area contributed by atoms with E-state index in [-0.39, 0.29) is 11.8 Å². The fourth-order valence-electron chi connectivity index (χ4n) is 2.79. The van der Waals surface area contributed by atoms with Crippen LogP contribution in [0.5, 0.6) is 11.5 Å². The molecule has 6 nitrogen and oxygen atoms in total. The highest BCUT2D eigenvalue weighted by Crippen LogP contribution is 2.35. The second-order valence-corrected chi connectivity index (χ2v) is 7.81. The van der Waals surface area contributed by atoms with Gasteiger partial charge in [0.05, 0.1) is 13.2 Å².